The topological polar surface area (TPSA) is 82.0 Å². The van der Waals surface area contributed by atoms with Crippen molar-refractivity contribution in [2.45, 2.75) is 0 Å². The van der Waals surface area contributed by atoms with E-state index >= 15 is 0 Å². The molecule has 5 N–H and O–H groups in total. The van der Waals surface area contributed by atoms with Gasteiger partial charge >= 0.3 is 29.6 Å². The van der Waals surface area contributed by atoms with Crippen LogP contribution in [0.1, 0.15) is 0 Å². The van der Waals surface area contributed by atoms with Crippen LogP contribution in [0.5, 0.6) is 0 Å². The Morgan fingerprint density at radius 1 is 1.00 bits per heavy atom. The van der Waals surface area contributed by atoms with Crippen molar-refractivity contribution in [1.29, 1.82) is 0 Å². The maximum atomic E-state index is 4.00. The van der Waals surface area contributed by atoms with Crippen LogP contribution < -0.4 is 41.2 Å². The summed E-state index contributed by atoms with van der Waals surface area (Å²) in [6.45, 7) is 0. The fourth-order valence-electron chi connectivity index (χ4n) is 0. The molecule has 4 heteroatoms. The molecule has 0 saturated carbocycles. The van der Waals surface area contributed by atoms with E-state index < -0.39 is 0 Å². The third-order valence-electron chi connectivity index (χ3n) is 0. The Morgan fingerprint density at radius 2 is 1.00 bits per heavy atom. The predicted molar refractivity (Wildman–Crippen MR) is 10.3 cm³/mol. The maximum Gasteiger partial charge on any atom is 1.00 e. The molecule has 0 aliphatic heterocycles. The van der Waals surface area contributed by atoms with Gasteiger partial charge in [-0.1, -0.05) is 0 Å². The van der Waals surface area contributed by atoms with Gasteiger partial charge in [0.2, 0.25) is 0 Å². The monoisotopic (exact) mass is 72.0 g/mol. The first-order chi connectivity index (χ1) is 1.00. The molecule has 0 spiro atoms. The number of rotatable bonds is 0. The van der Waals surface area contributed by atoms with E-state index in [-0.39, 0.29) is 35.0 Å². The summed E-state index contributed by atoms with van der Waals surface area (Å²) in [4.78, 5) is 0. The first kappa shape index (κ1) is 20.8. The zero-order valence-electron chi connectivity index (χ0n) is 2.60. The van der Waals surface area contributed by atoms with Gasteiger partial charge in [0.15, 0.2) is 0 Å². The largest absolute Gasteiger partial charge is 1.00 e. The Labute approximate surface area is 46.9 Å². The second-order valence-electron chi connectivity index (χ2n) is 0. The summed E-state index contributed by atoms with van der Waals surface area (Å²) in [5.41, 5.74) is 0. The average molecular weight is 72.0 g/mol. The van der Waals surface area contributed by atoms with Gasteiger partial charge < -0.3 is 5.48 Å². The van der Waals surface area contributed by atoms with Crippen molar-refractivity contribution < 1.29 is 35.0 Å². The minimum Gasteiger partial charge on any atom is -0.870 e. The summed E-state index contributed by atoms with van der Waals surface area (Å²) in [6.07, 6.45) is 0. The second-order valence-corrected chi connectivity index (χ2v) is 0. The normalized spacial score (nSPS) is 1.50. The van der Waals surface area contributed by atoms with Gasteiger partial charge in [0.05, 0.1) is 0 Å². The number of hydrazine groups is 1. The fraction of sp³-hybridized carbons (Fsp3) is 0. The van der Waals surface area contributed by atoms with Gasteiger partial charge in [-0.3, -0.25) is 11.7 Å². The third-order valence-corrected chi connectivity index (χ3v) is 0. The summed E-state index contributed by atoms with van der Waals surface area (Å²) >= 11 is 0. The molecule has 0 aliphatic rings. The van der Waals surface area contributed by atoms with Crippen LogP contribution in [-0.2, 0) is 0 Å². The number of nitrogens with two attached hydrogens (primary N) is 2. The van der Waals surface area contributed by atoms with E-state index in [2.05, 4.69) is 11.7 Å². The molecule has 0 aromatic heterocycles. The number of hydrogen-bond acceptors (Lipinski definition) is 3. The van der Waals surface area contributed by atoms with Gasteiger partial charge in [-0.2, -0.15) is 0 Å². The Bertz CT molecular complexity index is 6.00. The van der Waals surface area contributed by atoms with Gasteiger partial charge in [-0.05, 0) is 0 Å². The molecule has 0 aromatic rings. The molecular formula is H5N2NaO. The third kappa shape index (κ3) is 13.1. The van der Waals surface area contributed by atoms with E-state index in [1.165, 1.54) is 0 Å². The molecule has 0 amide bonds. The van der Waals surface area contributed by atoms with E-state index in [0.717, 1.165) is 0 Å². The Balaban J connectivity index is -0.00000000500. The van der Waals surface area contributed by atoms with Crippen LogP contribution in [0.25, 0.3) is 0 Å². The quantitative estimate of drug-likeness (QED) is 0.172. The Kier molecular flexibility index (Phi) is 216. The fourth-order valence-corrected chi connectivity index (χ4v) is 0. The van der Waals surface area contributed by atoms with Crippen molar-refractivity contribution >= 4 is 0 Å². The molecule has 0 fully saturated rings. The SMILES string of the molecule is NN.[Na+].[OH-]. The van der Waals surface area contributed by atoms with Crippen molar-refractivity contribution in [2.24, 2.45) is 11.7 Å². The summed E-state index contributed by atoms with van der Waals surface area (Å²) in [5.74, 6) is 8.00. The van der Waals surface area contributed by atoms with Crippen LogP contribution in [0.3, 0.4) is 0 Å². The molecule has 0 rings (SSSR count). The standard InChI is InChI=1S/H4N2.Na.H2O/c1-2;;/h1-2H2;;1H2/q;+1;/p-1. The summed E-state index contributed by atoms with van der Waals surface area (Å²) in [5, 5.41) is 0. The maximum absolute atomic E-state index is 4.00. The summed E-state index contributed by atoms with van der Waals surface area (Å²) in [6, 6.07) is 0. The van der Waals surface area contributed by atoms with Gasteiger partial charge in [0.1, 0.15) is 0 Å². The molecule has 0 radical (unpaired) electrons. The van der Waals surface area contributed by atoms with Crippen LogP contribution in [0, 0.1) is 0 Å². The molecule has 4 heavy (non-hydrogen) atoms. The summed E-state index contributed by atoms with van der Waals surface area (Å²) < 4.78 is 0. The van der Waals surface area contributed by atoms with E-state index in [0.29, 0.717) is 0 Å². The smallest absolute Gasteiger partial charge is 0.870 e. The molecule has 0 aromatic carbocycles. The van der Waals surface area contributed by atoms with Gasteiger partial charge in [0, 0.05) is 0 Å². The van der Waals surface area contributed by atoms with Gasteiger partial charge in [-0.15, -0.1) is 0 Å². The molecule has 0 atom stereocenters. The number of hydrogen-bond donors (Lipinski definition) is 2. The van der Waals surface area contributed by atoms with Gasteiger partial charge in [-0.25, -0.2) is 0 Å². The molecular weight excluding hydrogens is 67.0 g/mol. The predicted octanol–water partition coefficient (Wildman–Crippen LogP) is -4.35. The Morgan fingerprint density at radius 3 is 1.00 bits per heavy atom. The second kappa shape index (κ2) is 41.6. The molecule has 22 valence electrons. The van der Waals surface area contributed by atoms with E-state index in [9.17, 15) is 0 Å². The van der Waals surface area contributed by atoms with Crippen molar-refractivity contribution in [3.05, 3.63) is 0 Å². The average Bonchev–Trinajstić information content (AvgIpc) is 1.00. The van der Waals surface area contributed by atoms with Crippen LogP contribution >= 0.6 is 0 Å². The Hall–Kier alpha value is 0.880. The minimum absolute atomic E-state index is 0. The first-order valence-electron chi connectivity index (χ1n) is 0.333. The van der Waals surface area contributed by atoms with Crippen LogP contribution in [0.15, 0.2) is 0 Å². The molecule has 0 bridgehead atoms. The molecule has 0 aliphatic carbocycles. The van der Waals surface area contributed by atoms with Crippen LogP contribution in [0.4, 0.5) is 0 Å². The van der Waals surface area contributed by atoms with Gasteiger partial charge in [0.25, 0.3) is 0 Å². The van der Waals surface area contributed by atoms with E-state index in [1.807, 2.05) is 0 Å². The van der Waals surface area contributed by atoms with Crippen molar-refractivity contribution in [2.75, 3.05) is 0 Å². The first-order valence-corrected chi connectivity index (χ1v) is 0.333. The summed E-state index contributed by atoms with van der Waals surface area (Å²) in [7, 11) is 0. The zero-order chi connectivity index (χ0) is 2.00. The van der Waals surface area contributed by atoms with Crippen molar-refractivity contribution in [3.8, 4) is 0 Å². The van der Waals surface area contributed by atoms with E-state index in [1.54, 1.807) is 0 Å². The van der Waals surface area contributed by atoms with Crippen molar-refractivity contribution in [1.82, 2.24) is 0 Å². The minimum atomic E-state index is 0. The van der Waals surface area contributed by atoms with Crippen LogP contribution in [-0.4, -0.2) is 5.48 Å². The van der Waals surface area contributed by atoms with Crippen LogP contribution in [0.2, 0.25) is 0 Å². The molecule has 3 nitrogen and oxygen atoms in total. The van der Waals surface area contributed by atoms with Crippen molar-refractivity contribution in [3.63, 3.8) is 0 Å². The van der Waals surface area contributed by atoms with E-state index in [4.69, 9.17) is 0 Å². The zero-order valence-corrected chi connectivity index (χ0v) is 4.60. The molecule has 0 saturated heterocycles. The molecule has 0 unspecified atom stereocenters. The molecule has 0 heterocycles.